The summed E-state index contributed by atoms with van der Waals surface area (Å²) >= 11 is 0. The quantitative estimate of drug-likeness (QED) is 0.279. The third kappa shape index (κ3) is 5.44. The lowest BCUT2D eigenvalue weighted by atomic mass is 10.1. The zero-order valence-corrected chi connectivity index (χ0v) is 22.5. The second-order valence-electron chi connectivity index (χ2n) is 10.6. The summed E-state index contributed by atoms with van der Waals surface area (Å²) in [6.07, 6.45) is 1.05. The van der Waals surface area contributed by atoms with Crippen molar-refractivity contribution in [3.8, 4) is 0 Å². The first-order chi connectivity index (χ1) is 18.4. The van der Waals surface area contributed by atoms with E-state index in [0.29, 0.717) is 25.6 Å². The minimum atomic E-state index is -0.0274. The second-order valence-corrected chi connectivity index (χ2v) is 10.6. The summed E-state index contributed by atoms with van der Waals surface area (Å²) in [4.78, 5) is 20.9. The summed E-state index contributed by atoms with van der Waals surface area (Å²) in [5.74, 6) is 1.49. The van der Waals surface area contributed by atoms with Crippen molar-refractivity contribution in [1.82, 2.24) is 23.6 Å². The fraction of sp³-hybridized carbons (Fsp3) is 0.355. The van der Waals surface area contributed by atoms with Crippen LogP contribution >= 0.6 is 0 Å². The summed E-state index contributed by atoms with van der Waals surface area (Å²) in [7, 11) is 2.00. The predicted octanol–water partition coefficient (Wildman–Crippen LogP) is 4.72. The third-order valence-corrected chi connectivity index (χ3v) is 7.19. The maximum Gasteiger partial charge on any atom is 0.329 e. The Balaban J connectivity index is 1.48. The first-order valence-electron chi connectivity index (χ1n) is 13.4. The Morgan fingerprint density at radius 2 is 1.42 bits per heavy atom. The molecular weight excluding hydrogens is 474 g/mol. The molecule has 38 heavy (non-hydrogen) atoms. The molecule has 5 rings (SSSR count). The van der Waals surface area contributed by atoms with Gasteiger partial charge in [-0.25, -0.2) is 9.78 Å². The Morgan fingerprint density at radius 3 is 2.08 bits per heavy atom. The van der Waals surface area contributed by atoms with Gasteiger partial charge in [-0.05, 0) is 54.8 Å². The van der Waals surface area contributed by atoms with Crippen LogP contribution in [-0.2, 0) is 26.2 Å². The summed E-state index contributed by atoms with van der Waals surface area (Å²) in [5, 5.41) is 9.15. The SMILES string of the molecule is CC(C)CCn1c(Cn2c(=O)n(Cc3ccc(CN(C)CCO)cc3)c3ccccc32)nc2ccccc21. The molecule has 7 nitrogen and oxygen atoms in total. The van der Waals surface area contributed by atoms with E-state index in [1.54, 1.807) is 0 Å². The van der Waals surface area contributed by atoms with E-state index in [1.165, 1.54) is 5.56 Å². The Kier molecular flexibility index (Phi) is 7.77. The predicted molar refractivity (Wildman–Crippen MR) is 153 cm³/mol. The molecule has 0 aliphatic carbocycles. The van der Waals surface area contributed by atoms with Gasteiger partial charge in [-0.15, -0.1) is 0 Å². The number of aromatic nitrogens is 4. The molecule has 7 heteroatoms. The average Bonchev–Trinajstić information content (AvgIpc) is 3.39. The number of nitrogens with zero attached hydrogens (tertiary/aromatic N) is 5. The fourth-order valence-electron chi connectivity index (χ4n) is 5.10. The van der Waals surface area contributed by atoms with Crippen LogP contribution in [0.1, 0.15) is 37.2 Å². The summed E-state index contributed by atoms with van der Waals surface area (Å²) in [5.41, 5.74) is 6.15. The Bertz CT molecular complexity index is 1580. The molecule has 198 valence electrons. The van der Waals surface area contributed by atoms with Gasteiger partial charge in [-0.2, -0.15) is 0 Å². The molecule has 0 atom stereocenters. The van der Waals surface area contributed by atoms with Crippen molar-refractivity contribution in [2.75, 3.05) is 20.2 Å². The van der Waals surface area contributed by atoms with Gasteiger partial charge in [0.1, 0.15) is 5.82 Å². The summed E-state index contributed by atoms with van der Waals surface area (Å²) in [6, 6.07) is 24.6. The maximum absolute atomic E-state index is 13.8. The lowest BCUT2D eigenvalue weighted by Gasteiger charge is -2.15. The van der Waals surface area contributed by atoms with Crippen molar-refractivity contribution >= 4 is 22.1 Å². The molecule has 3 aromatic carbocycles. The van der Waals surface area contributed by atoms with Crippen LogP contribution in [0.4, 0.5) is 0 Å². The van der Waals surface area contributed by atoms with Crippen LogP contribution in [0.25, 0.3) is 22.1 Å². The highest BCUT2D eigenvalue weighted by Gasteiger charge is 2.17. The number of likely N-dealkylation sites (N-methyl/N-ethyl adjacent to an activating group) is 1. The van der Waals surface area contributed by atoms with Gasteiger partial charge in [0.05, 0.1) is 41.8 Å². The third-order valence-electron chi connectivity index (χ3n) is 7.19. The number of aryl methyl sites for hydroxylation is 1. The molecule has 0 spiro atoms. The largest absolute Gasteiger partial charge is 0.395 e. The highest BCUT2D eigenvalue weighted by Crippen LogP contribution is 2.21. The topological polar surface area (TPSA) is 68.2 Å². The van der Waals surface area contributed by atoms with Crippen LogP contribution in [0.2, 0.25) is 0 Å². The maximum atomic E-state index is 13.8. The van der Waals surface area contributed by atoms with Gasteiger partial charge in [0.25, 0.3) is 0 Å². The van der Waals surface area contributed by atoms with Crippen LogP contribution in [-0.4, -0.2) is 48.9 Å². The van der Waals surface area contributed by atoms with Crippen molar-refractivity contribution in [3.63, 3.8) is 0 Å². The van der Waals surface area contributed by atoms with Crippen molar-refractivity contribution in [1.29, 1.82) is 0 Å². The molecule has 2 aromatic heterocycles. The monoisotopic (exact) mass is 511 g/mol. The molecule has 2 heterocycles. The molecule has 0 bridgehead atoms. The summed E-state index contributed by atoms with van der Waals surface area (Å²) in [6.45, 7) is 7.84. The van der Waals surface area contributed by atoms with Crippen molar-refractivity contribution in [2.45, 2.75) is 46.4 Å². The minimum absolute atomic E-state index is 0.0274. The van der Waals surface area contributed by atoms with Gasteiger partial charge >= 0.3 is 5.69 Å². The van der Waals surface area contributed by atoms with Gasteiger partial charge in [0.2, 0.25) is 0 Å². The molecule has 0 saturated carbocycles. The van der Waals surface area contributed by atoms with Gasteiger partial charge < -0.3 is 9.67 Å². The van der Waals surface area contributed by atoms with Gasteiger partial charge in [-0.3, -0.25) is 14.0 Å². The standard InChI is InChI=1S/C31H37N5O2/c1-23(2)16-17-34-27-9-5-4-8-26(27)32-30(34)22-36-29-11-7-6-10-28(29)35(31(36)38)21-25-14-12-24(13-15-25)20-33(3)18-19-37/h4-15,23,37H,16-22H2,1-3H3. The molecule has 0 radical (unpaired) electrons. The number of benzene rings is 3. The molecular formula is C31H37N5O2. The normalized spacial score (nSPS) is 11.9. The van der Waals surface area contributed by atoms with Gasteiger partial charge in [0.15, 0.2) is 0 Å². The van der Waals surface area contributed by atoms with Crippen LogP contribution in [0.5, 0.6) is 0 Å². The zero-order chi connectivity index (χ0) is 26.6. The fourth-order valence-corrected chi connectivity index (χ4v) is 5.10. The molecule has 5 aromatic rings. The van der Waals surface area contributed by atoms with Crippen molar-refractivity contribution in [3.05, 3.63) is 100 Å². The first kappa shape index (κ1) is 25.9. The van der Waals surface area contributed by atoms with E-state index < -0.39 is 0 Å². The highest BCUT2D eigenvalue weighted by atomic mass is 16.3. The molecule has 1 N–H and O–H groups in total. The van der Waals surface area contributed by atoms with E-state index in [1.807, 2.05) is 58.6 Å². The number of fused-ring (bicyclic) bond motifs is 2. The second kappa shape index (κ2) is 11.4. The summed E-state index contributed by atoms with van der Waals surface area (Å²) < 4.78 is 6.00. The number of imidazole rings is 2. The van der Waals surface area contributed by atoms with Crippen LogP contribution < -0.4 is 5.69 Å². The lowest BCUT2D eigenvalue weighted by molar-refractivity contribution is 0.217. The van der Waals surface area contributed by atoms with E-state index in [9.17, 15) is 4.79 Å². The molecule has 0 unspecified atom stereocenters. The highest BCUT2D eigenvalue weighted by molar-refractivity contribution is 5.77. The Hall–Kier alpha value is -3.68. The average molecular weight is 512 g/mol. The number of hydrogen-bond acceptors (Lipinski definition) is 4. The Labute approximate surface area is 223 Å². The molecule has 0 amide bonds. The van der Waals surface area contributed by atoms with E-state index in [-0.39, 0.29) is 12.3 Å². The van der Waals surface area contributed by atoms with Crippen molar-refractivity contribution < 1.29 is 5.11 Å². The number of aliphatic hydroxyl groups excluding tert-OH is 1. The number of para-hydroxylation sites is 4. The molecule has 0 fully saturated rings. The first-order valence-corrected chi connectivity index (χ1v) is 13.4. The van der Waals surface area contributed by atoms with Crippen LogP contribution in [0.15, 0.2) is 77.6 Å². The van der Waals surface area contributed by atoms with Crippen molar-refractivity contribution in [2.24, 2.45) is 5.92 Å². The minimum Gasteiger partial charge on any atom is -0.395 e. The van der Waals surface area contributed by atoms with E-state index in [0.717, 1.165) is 53.0 Å². The number of aliphatic hydroxyl groups is 1. The van der Waals surface area contributed by atoms with Gasteiger partial charge in [-0.1, -0.05) is 62.4 Å². The number of rotatable bonds is 11. The zero-order valence-electron chi connectivity index (χ0n) is 22.5. The van der Waals surface area contributed by atoms with Gasteiger partial charge in [0, 0.05) is 19.6 Å². The lowest BCUT2D eigenvalue weighted by Crippen LogP contribution is -2.26. The number of hydrogen-bond donors (Lipinski definition) is 1. The molecule has 0 saturated heterocycles. The van der Waals surface area contributed by atoms with E-state index in [4.69, 9.17) is 10.1 Å². The van der Waals surface area contributed by atoms with E-state index in [2.05, 4.69) is 53.6 Å². The molecule has 0 aliphatic heterocycles. The smallest absolute Gasteiger partial charge is 0.329 e. The van der Waals surface area contributed by atoms with E-state index >= 15 is 0 Å². The molecule has 0 aliphatic rings. The Morgan fingerprint density at radius 1 is 0.816 bits per heavy atom. The van der Waals surface area contributed by atoms with Crippen LogP contribution in [0, 0.1) is 5.92 Å². The van der Waals surface area contributed by atoms with Crippen LogP contribution in [0.3, 0.4) is 0 Å².